The van der Waals surface area contributed by atoms with Crippen LogP contribution in [0.5, 0.6) is 0 Å². The number of hydrogen-bond donors (Lipinski definition) is 1. The molecule has 6 heteroatoms. The molecule has 1 aliphatic rings. The second kappa shape index (κ2) is 8.73. The lowest BCUT2D eigenvalue weighted by Crippen LogP contribution is -2.33. The lowest BCUT2D eigenvalue weighted by molar-refractivity contribution is -0.186. The van der Waals surface area contributed by atoms with E-state index in [9.17, 15) is 4.79 Å². The summed E-state index contributed by atoms with van der Waals surface area (Å²) in [6.07, 6.45) is 7.45. The van der Waals surface area contributed by atoms with Gasteiger partial charge in [-0.3, -0.25) is 14.8 Å². The van der Waals surface area contributed by atoms with Crippen molar-refractivity contribution in [3.05, 3.63) is 72.7 Å². The number of ether oxygens (including phenoxy) is 1. The largest absolute Gasteiger partial charge is 0.350 e. The summed E-state index contributed by atoms with van der Waals surface area (Å²) in [6.45, 7) is 0.655. The van der Waals surface area contributed by atoms with Crippen LogP contribution in [0.4, 0.5) is 0 Å². The molecule has 1 atom stereocenters. The standard InChI is InChI=1S/C22H21N3O3/c26-22(25-28-21-8-4-5-11-27-21)19-12-18(13-23-14-19)20-10-9-17(15-24-20)16-6-2-1-3-7-16/h1-3,6-7,9-10,12-15,21H,4-5,8,11H2,(H,25,26). The number of hydroxylamine groups is 1. The number of nitrogens with zero attached hydrogens (tertiary/aromatic N) is 2. The normalized spacial score (nSPS) is 16.5. The van der Waals surface area contributed by atoms with Gasteiger partial charge in [0, 0.05) is 42.7 Å². The Hall–Kier alpha value is -3.09. The number of carbonyl (C=O) groups excluding carboxylic acids is 1. The molecule has 1 unspecified atom stereocenters. The summed E-state index contributed by atoms with van der Waals surface area (Å²) < 4.78 is 5.44. The second-order valence-electron chi connectivity index (χ2n) is 6.61. The fraction of sp³-hybridized carbons (Fsp3) is 0.227. The molecule has 0 radical (unpaired) electrons. The minimum absolute atomic E-state index is 0.357. The molecule has 0 saturated carbocycles. The van der Waals surface area contributed by atoms with Crippen LogP contribution in [0.15, 0.2) is 67.1 Å². The number of nitrogens with one attached hydrogen (secondary N) is 1. The fourth-order valence-electron chi connectivity index (χ4n) is 3.05. The third-order valence-corrected chi connectivity index (χ3v) is 4.59. The summed E-state index contributed by atoms with van der Waals surface area (Å²) in [4.78, 5) is 26.4. The van der Waals surface area contributed by atoms with E-state index in [2.05, 4.69) is 15.4 Å². The summed E-state index contributed by atoms with van der Waals surface area (Å²) >= 11 is 0. The summed E-state index contributed by atoms with van der Waals surface area (Å²) in [6, 6.07) is 15.7. The Morgan fingerprint density at radius 3 is 2.64 bits per heavy atom. The van der Waals surface area contributed by atoms with Crippen molar-refractivity contribution in [2.24, 2.45) is 0 Å². The van der Waals surface area contributed by atoms with Crippen LogP contribution >= 0.6 is 0 Å². The Labute approximate surface area is 163 Å². The van der Waals surface area contributed by atoms with Crippen LogP contribution in [-0.2, 0) is 9.57 Å². The van der Waals surface area contributed by atoms with Crippen molar-refractivity contribution in [1.82, 2.24) is 15.4 Å². The maximum atomic E-state index is 12.4. The minimum Gasteiger partial charge on any atom is -0.350 e. The Balaban J connectivity index is 1.45. The SMILES string of the molecule is O=C(NOC1CCCCO1)c1cncc(-c2ccc(-c3ccccc3)cn2)c1. The van der Waals surface area contributed by atoms with Gasteiger partial charge in [-0.15, -0.1) is 0 Å². The van der Waals surface area contributed by atoms with Crippen LogP contribution in [0.25, 0.3) is 22.4 Å². The fourth-order valence-corrected chi connectivity index (χ4v) is 3.05. The molecule has 1 saturated heterocycles. The van der Waals surface area contributed by atoms with Crippen molar-refractivity contribution >= 4 is 5.91 Å². The van der Waals surface area contributed by atoms with E-state index in [1.165, 1.54) is 6.20 Å². The van der Waals surface area contributed by atoms with Crippen LogP contribution < -0.4 is 5.48 Å². The van der Waals surface area contributed by atoms with Gasteiger partial charge in [0.2, 0.25) is 0 Å². The maximum Gasteiger partial charge on any atom is 0.276 e. The number of benzene rings is 1. The van der Waals surface area contributed by atoms with Gasteiger partial charge in [-0.2, -0.15) is 0 Å². The van der Waals surface area contributed by atoms with Crippen molar-refractivity contribution < 1.29 is 14.4 Å². The summed E-state index contributed by atoms with van der Waals surface area (Å²) in [7, 11) is 0. The van der Waals surface area contributed by atoms with Crippen LogP contribution in [0.1, 0.15) is 29.6 Å². The first-order valence-electron chi connectivity index (χ1n) is 9.34. The van der Waals surface area contributed by atoms with Gasteiger partial charge in [-0.25, -0.2) is 10.3 Å². The molecule has 3 heterocycles. The quantitative estimate of drug-likeness (QED) is 0.683. The molecular formula is C22H21N3O3. The topological polar surface area (TPSA) is 73.3 Å². The van der Waals surface area contributed by atoms with E-state index in [-0.39, 0.29) is 12.2 Å². The van der Waals surface area contributed by atoms with Gasteiger partial charge in [-0.05, 0) is 30.5 Å². The van der Waals surface area contributed by atoms with E-state index in [0.717, 1.165) is 41.6 Å². The van der Waals surface area contributed by atoms with E-state index in [1.807, 2.05) is 48.7 Å². The summed E-state index contributed by atoms with van der Waals surface area (Å²) in [5.74, 6) is -0.357. The molecule has 0 bridgehead atoms. The smallest absolute Gasteiger partial charge is 0.276 e. The molecule has 3 aromatic rings. The third-order valence-electron chi connectivity index (χ3n) is 4.59. The van der Waals surface area contributed by atoms with Crippen molar-refractivity contribution in [3.8, 4) is 22.4 Å². The second-order valence-corrected chi connectivity index (χ2v) is 6.61. The zero-order valence-electron chi connectivity index (χ0n) is 15.4. The van der Waals surface area contributed by atoms with E-state index >= 15 is 0 Å². The molecule has 6 nitrogen and oxygen atoms in total. The highest BCUT2D eigenvalue weighted by Crippen LogP contribution is 2.22. The molecule has 1 aliphatic heterocycles. The number of rotatable bonds is 5. The Morgan fingerprint density at radius 1 is 1.00 bits per heavy atom. The zero-order valence-corrected chi connectivity index (χ0v) is 15.4. The van der Waals surface area contributed by atoms with E-state index in [1.54, 1.807) is 12.3 Å². The molecule has 0 spiro atoms. The monoisotopic (exact) mass is 375 g/mol. The molecule has 1 amide bonds. The summed E-state index contributed by atoms with van der Waals surface area (Å²) in [5, 5.41) is 0. The molecular weight excluding hydrogens is 354 g/mol. The first-order valence-corrected chi connectivity index (χ1v) is 9.34. The third kappa shape index (κ3) is 4.42. The number of hydrogen-bond acceptors (Lipinski definition) is 5. The minimum atomic E-state index is -0.388. The van der Waals surface area contributed by atoms with Gasteiger partial charge in [-0.1, -0.05) is 36.4 Å². The van der Waals surface area contributed by atoms with Gasteiger partial charge in [0.25, 0.3) is 5.91 Å². The number of carbonyl (C=O) groups is 1. The maximum absolute atomic E-state index is 12.4. The number of aromatic nitrogens is 2. The lowest BCUT2D eigenvalue weighted by Gasteiger charge is -2.22. The molecule has 4 rings (SSSR count). The van der Waals surface area contributed by atoms with Crippen LogP contribution in [0.2, 0.25) is 0 Å². The summed E-state index contributed by atoms with van der Waals surface area (Å²) in [5.41, 5.74) is 6.51. The van der Waals surface area contributed by atoms with E-state index < -0.39 is 0 Å². The Morgan fingerprint density at radius 2 is 1.89 bits per heavy atom. The van der Waals surface area contributed by atoms with Crippen LogP contribution in [-0.4, -0.2) is 28.8 Å². The van der Waals surface area contributed by atoms with E-state index in [0.29, 0.717) is 12.2 Å². The predicted molar refractivity (Wildman–Crippen MR) is 105 cm³/mol. The van der Waals surface area contributed by atoms with Gasteiger partial charge >= 0.3 is 0 Å². The zero-order chi connectivity index (χ0) is 19.2. The average Bonchev–Trinajstić information content (AvgIpc) is 2.79. The van der Waals surface area contributed by atoms with Crippen molar-refractivity contribution in [3.63, 3.8) is 0 Å². The highest BCUT2D eigenvalue weighted by Gasteiger charge is 2.16. The number of pyridine rings is 2. The highest BCUT2D eigenvalue weighted by molar-refractivity contribution is 5.94. The van der Waals surface area contributed by atoms with Crippen molar-refractivity contribution in [1.29, 1.82) is 0 Å². The molecule has 0 aliphatic carbocycles. The van der Waals surface area contributed by atoms with Gasteiger partial charge < -0.3 is 4.74 Å². The van der Waals surface area contributed by atoms with Gasteiger partial charge in [0.1, 0.15) is 0 Å². The van der Waals surface area contributed by atoms with E-state index in [4.69, 9.17) is 9.57 Å². The van der Waals surface area contributed by atoms with Crippen molar-refractivity contribution in [2.75, 3.05) is 6.61 Å². The average molecular weight is 375 g/mol. The van der Waals surface area contributed by atoms with Crippen LogP contribution in [0, 0.1) is 0 Å². The molecule has 142 valence electrons. The van der Waals surface area contributed by atoms with Gasteiger partial charge in [0.15, 0.2) is 6.29 Å². The lowest BCUT2D eigenvalue weighted by atomic mass is 10.1. The Kier molecular flexibility index (Phi) is 5.70. The number of amides is 1. The highest BCUT2D eigenvalue weighted by atomic mass is 16.8. The molecule has 1 aromatic carbocycles. The molecule has 1 N–H and O–H groups in total. The van der Waals surface area contributed by atoms with Crippen LogP contribution in [0.3, 0.4) is 0 Å². The van der Waals surface area contributed by atoms with Crippen molar-refractivity contribution in [2.45, 2.75) is 25.6 Å². The molecule has 28 heavy (non-hydrogen) atoms. The predicted octanol–water partition coefficient (Wildman–Crippen LogP) is 4.00. The molecule has 1 fully saturated rings. The molecule has 2 aromatic heterocycles. The first-order chi connectivity index (χ1) is 13.8. The first kappa shape index (κ1) is 18.3. The Bertz CT molecular complexity index is 923. The van der Waals surface area contributed by atoms with Gasteiger partial charge in [0.05, 0.1) is 11.3 Å².